The van der Waals surface area contributed by atoms with E-state index in [1.54, 1.807) is 7.05 Å². The lowest BCUT2D eigenvalue weighted by molar-refractivity contribution is -0.143. The average molecular weight is 278 g/mol. The predicted molar refractivity (Wildman–Crippen MR) is 69.2 cm³/mol. The Morgan fingerprint density at radius 2 is 2.11 bits per heavy atom. The molecule has 0 amide bonds. The monoisotopic (exact) mass is 278 g/mol. The minimum atomic E-state index is -2.87. The highest BCUT2D eigenvalue weighted by Gasteiger charge is 2.21. The maximum atomic E-state index is 11.5. The van der Waals surface area contributed by atoms with Crippen molar-refractivity contribution in [3.8, 4) is 0 Å². The number of ether oxygens (including phenoxy) is 1. The molecule has 0 aromatic rings. The highest BCUT2D eigenvalue weighted by Crippen LogP contribution is 2.06. The van der Waals surface area contributed by atoms with Crippen LogP contribution < -0.4 is 5.32 Å². The van der Waals surface area contributed by atoms with E-state index in [9.17, 15) is 13.2 Å². The van der Waals surface area contributed by atoms with Crippen molar-refractivity contribution in [2.24, 2.45) is 0 Å². The quantitative estimate of drug-likeness (QED) is 0.668. The van der Waals surface area contributed by atoms with Gasteiger partial charge in [0.15, 0.2) is 9.84 Å². The molecule has 1 saturated heterocycles. The van der Waals surface area contributed by atoms with Gasteiger partial charge in [-0.25, -0.2) is 8.42 Å². The van der Waals surface area contributed by atoms with Crippen molar-refractivity contribution < 1.29 is 17.9 Å². The van der Waals surface area contributed by atoms with Gasteiger partial charge in [-0.05, 0) is 26.4 Å². The van der Waals surface area contributed by atoms with E-state index < -0.39 is 9.84 Å². The third-order valence-corrected chi connectivity index (χ3v) is 4.93. The molecule has 7 heteroatoms. The van der Waals surface area contributed by atoms with Crippen molar-refractivity contribution in [3.05, 3.63) is 0 Å². The van der Waals surface area contributed by atoms with Crippen LogP contribution in [0.4, 0.5) is 0 Å². The normalized spacial score (nSPS) is 22.1. The first-order valence-corrected chi connectivity index (χ1v) is 7.98. The predicted octanol–water partition coefficient (Wildman–Crippen LogP) is -0.742. The van der Waals surface area contributed by atoms with Crippen LogP contribution in [0.2, 0.25) is 0 Å². The van der Waals surface area contributed by atoms with Gasteiger partial charge in [-0.15, -0.1) is 0 Å². The van der Waals surface area contributed by atoms with E-state index in [1.807, 2.05) is 0 Å². The molecular weight excluding hydrogens is 256 g/mol. The number of nitrogens with zero attached hydrogens (tertiary/aromatic N) is 1. The maximum Gasteiger partial charge on any atom is 0.322 e. The molecule has 1 atom stereocenters. The Morgan fingerprint density at radius 3 is 2.72 bits per heavy atom. The zero-order valence-electron chi connectivity index (χ0n) is 11.0. The molecule has 1 aliphatic rings. The van der Waals surface area contributed by atoms with Crippen molar-refractivity contribution in [2.45, 2.75) is 18.9 Å². The number of sulfone groups is 1. The average Bonchev–Trinajstić information content (AvgIpc) is 2.51. The van der Waals surface area contributed by atoms with Gasteiger partial charge in [-0.2, -0.15) is 0 Å². The second kappa shape index (κ2) is 7.06. The molecule has 1 aliphatic heterocycles. The Morgan fingerprint density at radius 1 is 1.39 bits per heavy atom. The van der Waals surface area contributed by atoms with Crippen LogP contribution in [0.25, 0.3) is 0 Å². The summed E-state index contributed by atoms with van der Waals surface area (Å²) >= 11 is 0. The van der Waals surface area contributed by atoms with Gasteiger partial charge in [0.05, 0.1) is 18.6 Å². The summed E-state index contributed by atoms with van der Waals surface area (Å²) in [7, 11) is 0.217. The number of hydrogen-bond acceptors (Lipinski definition) is 6. The summed E-state index contributed by atoms with van der Waals surface area (Å²) in [4.78, 5) is 13.5. The molecule has 6 nitrogen and oxygen atoms in total. The fourth-order valence-electron chi connectivity index (χ4n) is 2.05. The van der Waals surface area contributed by atoms with Crippen LogP contribution >= 0.6 is 0 Å². The lowest BCUT2D eigenvalue weighted by Crippen LogP contribution is -2.39. The summed E-state index contributed by atoms with van der Waals surface area (Å²) in [6.45, 7) is 2.03. The van der Waals surface area contributed by atoms with Gasteiger partial charge in [0.2, 0.25) is 0 Å². The van der Waals surface area contributed by atoms with Crippen molar-refractivity contribution in [1.82, 2.24) is 10.2 Å². The topological polar surface area (TPSA) is 75.7 Å². The van der Waals surface area contributed by atoms with Crippen LogP contribution in [0.3, 0.4) is 0 Å². The molecule has 0 aromatic heterocycles. The smallest absolute Gasteiger partial charge is 0.322 e. The molecule has 1 rings (SSSR count). The summed E-state index contributed by atoms with van der Waals surface area (Å²) in [5.74, 6) is 0.214. The second-order valence-electron chi connectivity index (χ2n) is 4.50. The van der Waals surface area contributed by atoms with Gasteiger partial charge < -0.3 is 15.0 Å². The molecule has 1 unspecified atom stereocenters. The number of nitrogens with one attached hydrogen (secondary N) is 1. The van der Waals surface area contributed by atoms with Crippen LogP contribution in [-0.4, -0.2) is 70.6 Å². The summed E-state index contributed by atoms with van der Waals surface area (Å²) in [6, 6.07) is -0.324. The first kappa shape index (κ1) is 15.4. The molecule has 1 N–H and O–H groups in total. The summed E-state index contributed by atoms with van der Waals surface area (Å²) in [5, 5.41) is 2.90. The van der Waals surface area contributed by atoms with Crippen LogP contribution in [0.15, 0.2) is 0 Å². The second-order valence-corrected chi connectivity index (χ2v) is 6.80. The SMILES string of the molecule is CNC(CCN1CCCS(=O)(=O)CC1)C(=O)OC. The number of carbonyl (C=O) groups excluding carboxylic acids is 1. The zero-order valence-corrected chi connectivity index (χ0v) is 11.8. The minimum absolute atomic E-state index is 0.218. The van der Waals surface area contributed by atoms with E-state index in [2.05, 4.69) is 15.0 Å². The van der Waals surface area contributed by atoms with Crippen molar-refractivity contribution in [1.29, 1.82) is 0 Å². The molecule has 0 bridgehead atoms. The molecule has 0 aliphatic carbocycles. The summed E-state index contributed by atoms with van der Waals surface area (Å²) in [5.41, 5.74) is 0. The van der Waals surface area contributed by atoms with Gasteiger partial charge in [-0.3, -0.25) is 4.79 Å². The Bertz CT molecular complexity index is 369. The van der Waals surface area contributed by atoms with Crippen molar-refractivity contribution in [3.63, 3.8) is 0 Å². The van der Waals surface area contributed by atoms with Crippen molar-refractivity contribution in [2.75, 3.05) is 45.3 Å². The fraction of sp³-hybridized carbons (Fsp3) is 0.909. The largest absolute Gasteiger partial charge is 0.468 e. The Hall–Kier alpha value is -0.660. The van der Waals surface area contributed by atoms with Crippen LogP contribution in [-0.2, 0) is 19.4 Å². The first-order chi connectivity index (χ1) is 8.48. The van der Waals surface area contributed by atoms with Crippen LogP contribution in [0.5, 0.6) is 0 Å². The van der Waals surface area contributed by atoms with Gasteiger partial charge >= 0.3 is 5.97 Å². The number of methoxy groups -OCH3 is 1. The Balaban J connectivity index is 2.41. The molecule has 106 valence electrons. The fourth-order valence-corrected chi connectivity index (χ4v) is 3.36. The summed E-state index contributed by atoms with van der Waals surface area (Å²) in [6.07, 6.45) is 1.30. The number of esters is 1. The van der Waals surface area contributed by atoms with E-state index in [4.69, 9.17) is 0 Å². The van der Waals surface area contributed by atoms with E-state index in [1.165, 1.54) is 7.11 Å². The van der Waals surface area contributed by atoms with Crippen LogP contribution in [0.1, 0.15) is 12.8 Å². The first-order valence-electron chi connectivity index (χ1n) is 6.16. The summed E-state index contributed by atoms with van der Waals surface area (Å²) < 4.78 is 27.6. The van der Waals surface area contributed by atoms with Gasteiger partial charge in [-0.1, -0.05) is 0 Å². The molecule has 1 heterocycles. The van der Waals surface area contributed by atoms with Gasteiger partial charge in [0, 0.05) is 13.1 Å². The van der Waals surface area contributed by atoms with E-state index in [0.717, 1.165) is 6.54 Å². The number of rotatable bonds is 5. The Kier molecular flexibility index (Phi) is 6.04. The minimum Gasteiger partial charge on any atom is -0.468 e. The molecule has 0 aromatic carbocycles. The number of hydrogen-bond donors (Lipinski definition) is 1. The highest BCUT2D eigenvalue weighted by atomic mass is 32.2. The van der Waals surface area contributed by atoms with E-state index >= 15 is 0 Å². The molecule has 18 heavy (non-hydrogen) atoms. The van der Waals surface area contributed by atoms with Gasteiger partial charge in [0.25, 0.3) is 0 Å². The van der Waals surface area contributed by atoms with E-state index in [-0.39, 0.29) is 23.5 Å². The zero-order chi connectivity index (χ0) is 13.6. The third-order valence-electron chi connectivity index (χ3n) is 3.22. The molecule has 0 spiro atoms. The van der Waals surface area contributed by atoms with Crippen LogP contribution in [0, 0.1) is 0 Å². The number of carbonyl (C=O) groups is 1. The molecule has 1 fully saturated rings. The van der Waals surface area contributed by atoms with Gasteiger partial charge in [0.1, 0.15) is 6.04 Å². The lowest BCUT2D eigenvalue weighted by Gasteiger charge is -2.21. The number of likely N-dealkylation sites (N-methyl/N-ethyl adjacent to an activating group) is 1. The third kappa shape index (κ3) is 4.91. The standard InChI is InChI=1S/C11H22N2O4S/c1-12-10(11(14)17-2)4-6-13-5-3-8-18(15,16)9-7-13/h10,12H,3-9H2,1-2H3. The Labute approximate surface area is 109 Å². The molecule has 0 radical (unpaired) electrons. The maximum absolute atomic E-state index is 11.5. The molecule has 0 saturated carbocycles. The van der Waals surface area contributed by atoms with Crippen molar-refractivity contribution >= 4 is 15.8 Å². The van der Waals surface area contributed by atoms with E-state index in [0.29, 0.717) is 25.9 Å². The highest BCUT2D eigenvalue weighted by molar-refractivity contribution is 7.91. The molecular formula is C11H22N2O4S. The lowest BCUT2D eigenvalue weighted by atomic mass is 10.2.